The second-order valence-electron chi connectivity index (χ2n) is 10.7. The van der Waals surface area contributed by atoms with Gasteiger partial charge in [0.2, 0.25) is 0 Å². The molecule has 1 heteroatoms. The van der Waals surface area contributed by atoms with Crippen molar-refractivity contribution in [3.8, 4) is 0 Å². The van der Waals surface area contributed by atoms with E-state index in [-0.39, 0.29) is 0 Å². The van der Waals surface area contributed by atoms with Gasteiger partial charge in [0.1, 0.15) is 0 Å². The van der Waals surface area contributed by atoms with Gasteiger partial charge in [0.15, 0.2) is 0 Å². The van der Waals surface area contributed by atoms with Crippen molar-refractivity contribution in [2.24, 2.45) is 0 Å². The van der Waals surface area contributed by atoms with E-state index in [0.29, 0.717) is 0 Å². The fraction of sp³-hybridized carbons (Fsp3) is 0.444. The van der Waals surface area contributed by atoms with Crippen LogP contribution in [0.1, 0.15) is 96.8 Å². The first kappa shape index (κ1) is 29.4. The molecule has 0 N–H and O–H groups in total. The Morgan fingerprint density at radius 3 is 1.19 bits per heavy atom. The van der Waals surface area contributed by atoms with Gasteiger partial charge in [-0.1, -0.05) is 39.0 Å². The molecule has 3 aromatic rings. The third-order valence-electron chi connectivity index (χ3n) is 7.86. The number of unbranched alkanes of at least 4 members (excludes halogenated alkanes) is 12. The van der Waals surface area contributed by atoms with Gasteiger partial charge in [-0.2, -0.15) is 0 Å². The van der Waals surface area contributed by atoms with Gasteiger partial charge < -0.3 is 0 Å². The van der Waals surface area contributed by atoms with Crippen LogP contribution in [0, 0.1) is 0 Å². The molecule has 0 aliphatic carbocycles. The van der Waals surface area contributed by atoms with Crippen LogP contribution in [0.15, 0.2) is 103 Å². The van der Waals surface area contributed by atoms with Gasteiger partial charge >= 0.3 is 190 Å². The summed E-state index contributed by atoms with van der Waals surface area (Å²) in [5, 5.41) is 4.63. The van der Waals surface area contributed by atoms with Crippen molar-refractivity contribution in [2.75, 3.05) is 6.16 Å². The van der Waals surface area contributed by atoms with E-state index < -0.39 is 7.26 Å². The molecule has 200 valence electrons. The average Bonchev–Trinajstić information content (AvgIpc) is 2.96. The molecule has 0 heterocycles. The zero-order valence-corrected chi connectivity index (χ0v) is 24.4. The van der Waals surface area contributed by atoms with E-state index >= 15 is 0 Å². The minimum atomic E-state index is -2.04. The number of benzene rings is 3. The molecule has 0 saturated carbocycles. The number of hydrogen-bond acceptors (Lipinski definition) is 0. The van der Waals surface area contributed by atoms with Crippen molar-refractivity contribution < 1.29 is 0 Å². The number of rotatable bonds is 19. The van der Waals surface area contributed by atoms with Crippen molar-refractivity contribution in [1.82, 2.24) is 0 Å². The summed E-state index contributed by atoms with van der Waals surface area (Å²) in [6.07, 6.45) is 25.2. The van der Waals surface area contributed by atoms with Crippen molar-refractivity contribution in [3.05, 3.63) is 103 Å². The van der Waals surface area contributed by atoms with E-state index in [0.717, 1.165) is 0 Å². The second kappa shape index (κ2) is 18.1. The Bertz CT molecular complexity index is 865. The molecule has 0 saturated heterocycles. The van der Waals surface area contributed by atoms with Crippen molar-refractivity contribution in [3.63, 3.8) is 0 Å². The van der Waals surface area contributed by atoms with Gasteiger partial charge in [0, 0.05) is 0 Å². The first-order valence-electron chi connectivity index (χ1n) is 15.2. The normalized spacial score (nSPS) is 12.2. The molecule has 0 atom stereocenters. The Morgan fingerprint density at radius 2 is 0.784 bits per heavy atom. The van der Waals surface area contributed by atoms with E-state index in [4.69, 9.17) is 0 Å². The van der Waals surface area contributed by atoms with Crippen LogP contribution in [0.4, 0.5) is 0 Å². The topological polar surface area (TPSA) is 0 Å². The summed E-state index contributed by atoms with van der Waals surface area (Å²) in [7, 11) is -2.04. The molecule has 0 nitrogen and oxygen atoms in total. The minimum absolute atomic E-state index is 1.27. The predicted octanol–water partition coefficient (Wildman–Crippen LogP) is 9.75. The van der Waals surface area contributed by atoms with Crippen molar-refractivity contribution in [1.29, 1.82) is 0 Å². The molecule has 0 spiro atoms. The molecule has 0 aromatic heterocycles. The molecule has 0 unspecified atom stereocenters. The van der Waals surface area contributed by atoms with Crippen LogP contribution in [-0.2, 0) is 0 Å². The zero-order valence-electron chi connectivity index (χ0n) is 23.4. The van der Waals surface area contributed by atoms with E-state index in [9.17, 15) is 0 Å². The first-order chi connectivity index (χ1) is 18.4. The molecule has 0 aliphatic heterocycles. The Hall–Kier alpha value is -2.17. The van der Waals surface area contributed by atoms with E-state index in [1.165, 1.54) is 96.1 Å². The summed E-state index contributed by atoms with van der Waals surface area (Å²) in [5.74, 6) is 0. The van der Waals surface area contributed by atoms with Crippen molar-refractivity contribution in [2.45, 2.75) is 96.8 Å². The predicted molar refractivity (Wildman–Crippen MR) is 171 cm³/mol. The molecular weight excluding hydrogens is 463 g/mol. The fourth-order valence-electron chi connectivity index (χ4n) is 5.74. The molecule has 0 radical (unpaired) electrons. The molecule has 0 amide bonds. The number of allylic oxidation sites excluding steroid dienone is 2. The van der Waals surface area contributed by atoms with Gasteiger partial charge in [-0.05, 0) is 0 Å². The Balaban J connectivity index is 1.44. The Kier molecular flexibility index (Phi) is 14.4. The van der Waals surface area contributed by atoms with Crippen LogP contribution in [0.5, 0.6) is 0 Å². The maximum atomic E-state index is 2.44. The molecular formula is C36H51P. The van der Waals surface area contributed by atoms with E-state index in [2.05, 4.69) is 110 Å². The quantitative estimate of drug-likeness (QED) is 0.0848. The molecule has 3 aromatic carbocycles. The van der Waals surface area contributed by atoms with Gasteiger partial charge in [-0.25, -0.2) is 0 Å². The van der Waals surface area contributed by atoms with E-state index in [1.807, 2.05) is 0 Å². The fourth-order valence-corrected chi connectivity index (χ4v) is 10.7. The number of hydrogen-bond donors (Lipinski definition) is 0. The van der Waals surface area contributed by atoms with E-state index in [1.54, 1.807) is 15.9 Å². The third-order valence-corrected chi connectivity index (χ3v) is 12.9. The summed E-state index contributed by atoms with van der Waals surface area (Å²) in [6, 6.07) is 34.1. The molecule has 0 fully saturated rings. The summed E-state index contributed by atoms with van der Waals surface area (Å²) >= 11 is 0. The molecule has 3 rings (SSSR count). The van der Waals surface area contributed by atoms with Crippen LogP contribution in [0.2, 0.25) is 0 Å². The van der Waals surface area contributed by atoms with Gasteiger partial charge in [0.05, 0.1) is 0 Å². The first-order valence-corrected chi connectivity index (χ1v) is 17.4. The third kappa shape index (κ3) is 9.90. The second-order valence-corrected chi connectivity index (χ2v) is 14.7. The molecule has 37 heavy (non-hydrogen) atoms. The van der Waals surface area contributed by atoms with Crippen LogP contribution in [-0.4, -0.2) is 6.16 Å². The van der Waals surface area contributed by atoms with Crippen LogP contribution in [0.25, 0.3) is 0 Å². The monoisotopic (exact) mass is 514 g/mol. The summed E-state index contributed by atoms with van der Waals surface area (Å²) < 4.78 is 0. The standard InChI is InChI=1S/C36H51P/c1-2-3-4-5-6-7-8-9-10-11-12-13-14-15-16-26-33-37(34-27-20-17-21-28-34,35-29-22-18-23-30-35)36-31-24-19-25-32-36/h9-10,17-25,27-32,37H,2-8,11-16,26,33H2,1H3/b10-9-. The zero-order chi connectivity index (χ0) is 25.9. The summed E-state index contributed by atoms with van der Waals surface area (Å²) in [5.41, 5.74) is 0. The molecule has 0 bridgehead atoms. The van der Waals surface area contributed by atoms with Crippen molar-refractivity contribution >= 4 is 23.2 Å². The van der Waals surface area contributed by atoms with Gasteiger partial charge in [-0.3, -0.25) is 0 Å². The van der Waals surface area contributed by atoms with Crippen LogP contribution < -0.4 is 15.9 Å². The Morgan fingerprint density at radius 1 is 0.432 bits per heavy atom. The summed E-state index contributed by atoms with van der Waals surface area (Å²) in [4.78, 5) is 0. The van der Waals surface area contributed by atoms with Gasteiger partial charge in [-0.15, -0.1) is 0 Å². The molecule has 0 aliphatic rings. The summed E-state index contributed by atoms with van der Waals surface area (Å²) in [6.45, 7) is 2.29. The average molecular weight is 515 g/mol. The Labute approximate surface area is 229 Å². The SMILES string of the molecule is CCCCCCCC/C=C\CCCCCCCC[PH](c1ccccc1)(c1ccccc1)c1ccccc1. The van der Waals surface area contributed by atoms with Gasteiger partial charge in [0.25, 0.3) is 0 Å². The maximum absolute atomic E-state index is 2.44. The van der Waals surface area contributed by atoms with Crippen LogP contribution >= 0.6 is 7.26 Å². The van der Waals surface area contributed by atoms with Crippen LogP contribution in [0.3, 0.4) is 0 Å².